The highest BCUT2D eigenvalue weighted by Crippen LogP contribution is 2.23. The van der Waals surface area contributed by atoms with Crippen LogP contribution in [0.3, 0.4) is 0 Å². The van der Waals surface area contributed by atoms with E-state index in [2.05, 4.69) is 20.8 Å². The summed E-state index contributed by atoms with van der Waals surface area (Å²) in [5, 5.41) is 12.9. The van der Waals surface area contributed by atoms with Gasteiger partial charge in [0.25, 0.3) is 0 Å². The number of anilines is 1. The van der Waals surface area contributed by atoms with Crippen molar-refractivity contribution >= 4 is 40.6 Å². The Morgan fingerprint density at radius 1 is 1.38 bits per heavy atom. The lowest BCUT2D eigenvalue weighted by Crippen LogP contribution is -2.28. The van der Waals surface area contributed by atoms with E-state index in [1.54, 1.807) is 43.5 Å². The molecule has 1 atom stereocenters. The maximum absolute atomic E-state index is 12.1. The SMILES string of the molecule is COc1ccc(NC(=O)CC2S/C(=N/N=C\c3ccco3)NC2=O)cc1. The van der Waals surface area contributed by atoms with Crippen molar-refractivity contribution in [2.45, 2.75) is 11.7 Å². The molecular weight excluding hydrogens is 356 g/mol. The van der Waals surface area contributed by atoms with Gasteiger partial charge in [0, 0.05) is 12.1 Å². The quantitative estimate of drug-likeness (QED) is 0.598. The van der Waals surface area contributed by atoms with Gasteiger partial charge in [0.2, 0.25) is 11.8 Å². The second-order valence-electron chi connectivity index (χ2n) is 5.24. The summed E-state index contributed by atoms with van der Waals surface area (Å²) in [6.07, 6.45) is 2.99. The fourth-order valence-corrected chi connectivity index (χ4v) is 3.07. The van der Waals surface area contributed by atoms with Gasteiger partial charge in [-0.25, -0.2) is 0 Å². The van der Waals surface area contributed by atoms with Crippen molar-refractivity contribution in [1.82, 2.24) is 5.32 Å². The molecule has 8 nitrogen and oxygen atoms in total. The van der Waals surface area contributed by atoms with E-state index < -0.39 is 5.25 Å². The highest BCUT2D eigenvalue weighted by molar-refractivity contribution is 8.15. The molecule has 1 aromatic carbocycles. The largest absolute Gasteiger partial charge is 0.497 e. The third kappa shape index (κ3) is 4.73. The molecular formula is C17H16N4O4S. The van der Waals surface area contributed by atoms with E-state index in [-0.39, 0.29) is 18.2 Å². The van der Waals surface area contributed by atoms with Crippen LogP contribution in [0.2, 0.25) is 0 Å². The van der Waals surface area contributed by atoms with E-state index in [0.29, 0.717) is 22.4 Å². The van der Waals surface area contributed by atoms with E-state index >= 15 is 0 Å². The van der Waals surface area contributed by atoms with Crippen LogP contribution in [0.1, 0.15) is 12.2 Å². The Bertz CT molecular complexity index is 831. The number of hydrogen-bond acceptors (Lipinski definition) is 7. The van der Waals surface area contributed by atoms with Crippen molar-refractivity contribution in [3.63, 3.8) is 0 Å². The van der Waals surface area contributed by atoms with Crippen LogP contribution < -0.4 is 15.4 Å². The first-order valence-electron chi connectivity index (χ1n) is 7.70. The zero-order valence-corrected chi connectivity index (χ0v) is 14.7. The van der Waals surface area contributed by atoms with Gasteiger partial charge in [-0.05, 0) is 36.4 Å². The normalized spacial score (nSPS) is 18.3. The summed E-state index contributed by atoms with van der Waals surface area (Å²) in [5.41, 5.74) is 0.635. The lowest BCUT2D eigenvalue weighted by molar-refractivity contribution is -0.122. The van der Waals surface area contributed by atoms with Crippen molar-refractivity contribution in [3.8, 4) is 5.75 Å². The van der Waals surface area contributed by atoms with Crippen LogP contribution >= 0.6 is 11.8 Å². The molecule has 2 amide bonds. The molecule has 2 aromatic rings. The van der Waals surface area contributed by atoms with Crippen molar-refractivity contribution in [2.24, 2.45) is 10.2 Å². The Morgan fingerprint density at radius 2 is 2.19 bits per heavy atom. The van der Waals surface area contributed by atoms with Crippen molar-refractivity contribution in [3.05, 3.63) is 48.4 Å². The third-order valence-corrected chi connectivity index (χ3v) is 4.47. The van der Waals surface area contributed by atoms with Gasteiger partial charge in [-0.3, -0.25) is 9.59 Å². The number of nitrogens with one attached hydrogen (secondary N) is 2. The summed E-state index contributed by atoms with van der Waals surface area (Å²) in [6.45, 7) is 0. The van der Waals surface area contributed by atoms with Crippen LogP contribution in [-0.4, -0.2) is 35.6 Å². The average molecular weight is 372 g/mol. The summed E-state index contributed by atoms with van der Waals surface area (Å²) in [6, 6.07) is 10.4. The maximum Gasteiger partial charge on any atom is 0.240 e. The first kappa shape index (κ1) is 17.7. The van der Waals surface area contributed by atoms with E-state index in [1.807, 2.05) is 0 Å². The van der Waals surface area contributed by atoms with Crippen LogP contribution in [0.5, 0.6) is 5.75 Å². The number of methoxy groups -OCH3 is 1. The summed E-state index contributed by atoms with van der Waals surface area (Å²) in [4.78, 5) is 24.1. The average Bonchev–Trinajstić information content (AvgIpc) is 3.26. The minimum absolute atomic E-state index is 0.0312. The van der Waals surface area contributed by atoms with Gasteiger partial charge in [-0.1, -0.05) is 11.8 Å². The first-order valence-corrected chi connectivity index (χ1v) is 8.58. The number of thioether (sulfide) groups is 1. The van der Waals surface area contributed by atoms with Gasteiger partial charge in [-0.2, -0.15) is 5.10 Å². The number of nitrogens with zero attached hydrogens (tertiary/aromatic N) is 2. The number of hydrogen-bond donors (Lipinski definition) is 2. The minimum atomic E-state index is -0.550. The molecule has 1 unspecified atom stereocenters. The van der Waals surface area contributed by atoms with Crippen LogP contribution in [-0.2, 0) is 9.59 Å². The standard InChI is InChI=1S/C17H16N4O4S/c1-24-12-6-4-11(5-7-12)19-15(22)9-14-16(23)20-17(26-14)21-18-10-13-3-2-8-25-13/h2-8,10,14H,9H2,1H3,(H,19,22)(H,20,21,23)/b18-10-. The molecule has 0 saturated carbocycles. The topological polar surface area (TPSA) is 105 Å². The first-order chi connectivity index (χ1) is 12.6. The molecule has 26 heavy (non-hydrogen) atoms. The third-order valence-electron chi connectivity index (χ3n) is 3.40. The molecule has 1 aliphatic heterocycles. The summed E-state index contributed by atoms with van der Waals surface area (Å²) < 4.78 is 10.2. The highest BCUT2D eigenvalue weighted by atomic mass is 32.2. The number of ether oxygens (including phenoxy) is 1. The molecule has 0 aliphatic carbocycles. The molecule has 0 radical (unpaired) electrons. The number of furan rings is 1. The smallest absolute Gasteiger partial charge is 0.240 e. The van der Waals surface area contributed by atoms with Gasteiger partial charge in [0.15, 0.2) is 5.17 Å². The molecule has 2 heterocycles. The zero-order valence-electron chi connectivity index (χ0n) is 13.8. The van der Waals surface area contributed by atoms with Gasteiger partial charge in [0.05, 0.1) is 19.6 Å². The molecule has 1 saturated heterocycles. The lowest BCUT2D eigenvalue weighted by atomic mass is 10.2. The predicted octanol–water partition coefficient (Wildman–Crippen LogP) is 2.24. The van der Waals surface area contributed by atoms with Crippen molar-refractivity contribution in [1.29, 1.82) is 0 Å². The second kappa shape index (κ2) is 8.34. The van der Waals surface area contributed by atoms with Gasteiger partial charge in [-0.15, -0.1) is 5.10 Å². The van der Waals surface area contributed by atoms with E-state index in [0.717, 1.165) is 0 Å². The summed E-state index contributed by atoms with van der Waals surface area (Å²) >= 11 is 1.17. The molecule has 2 N–H and O–H groups in total. The molecule has 0 bridgehead atoms. The Labute approximate surface area is 153 Å². The van der Waals surface area contributed by atoms with Crippen molar-refractivity contribution in [2.75, 3.05) is 12.4 Å². The minimum Gasteiger partial charge on any atom is -0.497 e. The predicted molar refractivity (Wildman–Crippen MR) is 99.5 cm³/mol. The van der Waals surface area contributed by atoms with Crippen LogP contribution in [0.15, 0.2) is 57.3 Å². The number of carbonyl (C=O) groups excluding carboxylic acids is 2. The number of amides is 2. The van der Waals surface area contributed by atoms with E-state index in [9.17, 15) is 9.59 Å². The Morgan fingerprint density at radius 3 is 2.88 bits per heavy atom. The lowest BCUT2D eigenvalue weighted by Gasteiger charge is -2.08. The number of carbonyl (C=O) groups is 2. The Kier molecular flexibility index (Phi) is 5.69. The molecule has 1 aliphatic rings. The van der Waals surface area contributed by atoms with Crippen LogP contribution in [0.4, 0.5) is 5.69 Å². The number of amidine groups is 1. The maximum atomic E-state index is 12.1. The Balaban J connectivity index is 1.52. The highest BCUT2D eigenvalue weighted by Gasteiger charge is 2.32. The fourth-order valence-electron chi connectivity index (χ4n) is 2.14. The summed E-state index contributed by atoms with van der Waals surface area (Å²) in [5.74, 6) is 0.721. The van der Waals surface area contributed by atoms with E-state index in [1.165, 1.54) is 24.2 Å². The molecule has 3 rings (SSSR count). The summed E-state index contributed by atoms with van der Waals surface area (Å²) in [7, 11) is 1.57. The Hall–Kier alpha value is -3.07. The monoisotopic (exact) mass is 372 g/mol. The fraction of sp³-hybridized carbons (Fsp3) is 0.176. The zero-order chi connectivity index (χ0) is 18.4. The molecule has 1 aromatic heterocycles. The van der Waals surface area contributed by atoms with Gasteiger partial charge >= 0.3 is 0 Å². The van der Waals surface area contributed by atoms with Crippen LogP contribution in [0, 0.1) is 0 Å². The number of benzene rings is 1. The molecule has 0 spiro atoms. The van der Waals surface area contributed by atoms with Gasteiger partial charge in [0.1, 0.15) is 16.8 Å². The van der Waals surface area contributed by atoms with Crippen LogP contribution in [0.25, 0.3) is 0 Å². The molecule has 1 fully saturated rings. The molecule has 134 valence electrons. The second-order valence-corrected chi connectivity index (χ2v) is 6.43. The van der Waals surface area contributed by atoms with Crippen molar-refractivity contribution < 1.29 is 18.7 Å². The number of rotatable bonds is 6. The van der Waals surface area contributed by atoms with E-state index in [4.69, 9.17) is 9.15 Å². The molecule has 9 heteroatoms. The van der Waals surface area contributed by atoms with Gasteiger partial charge < -0.3 is 19.8 Å².